The summed E-state index contributed by atoms with van der Waals surface area (Å²) in [6.07, 6.45) is -2.10. The van der Waals surface area contributed by atoms with E-state index < -0.39 is 6.36 Å². The molecule has 1 aromatic rings. The molecular formula is C15H17F3N2O2. The van der Waals surface area contributed by atoms with Crippen molar-refractivity contribution in [2.45, 2.75) is 25.6 Å². The van der Waals surface area contributed by atoms with Gasteiger partial charge in [0.25, 0.3) is 0 Å². The lowest BCUT2D eigenvalue weighted by Crippen LogP contribution is -2.31. The van der Waals surface area contributed by atoms with Gasteiger partial charge in [0.1, 0.15) is 0 Å². The Bertz CT molecular complexity index is 568. The fourth-order valence-electron chi connectivity index (χ4n) is 3.20. The van der Waals surface area contributed by atoms with E-state index in [2.05, 4.69) is 15.4 Å². The predicted octanol–water partition coefficient (Wildman–Crippen LogP) is 2.91. The van der Waals surface area contributed by atoms with Crippen molar-refractivity contribution in [1.82, 2.24) is 5.32 Å². The smallest absolute Gasteiger partial charge is 0.404 e. The molecule has 0 bridgehead atoms. The van der Waals surface area contributed by atoms with Crippen LogP contribution in [-0.4, -0.2) is 25.4 Å². The summed E-state index contributed by atoms with van der Waals surface area (Å²) in [5, 5.41) is 5.83. The maximum atomic E-state index is 12.4. The Kier molecular flexibility index (Phi) is 3.76. The average Bonchev–Trinajstić information content (AvgIpc) is 3.14. The highest BCUT2D eigenvalue weighted by atomic mass is 19.4. The van der Waals surface area contributed by atoms with Gasteiger partial charge in [-0.25, -0.2) is 0 Å². The second-order valence-corrected chi connectivity index (χ2v) is 5.90. The highest BCUT2D eigenvalue weighted by molar-refractivity contribution is 5.96. The molecule has 1 aliphatic heterocycles. The number of nitrogens with one attached hydrogen (secondary N) is 2. The van der Waals surface area contributed by atoms with Crippen molar-refractivity contribution in [2.75, 3.05) is 18.4 Å². The number of rotatable bonds is 3. The molecule has 0 radical (unpaired) electrons. The van der Waals surface area contributed by atoms with Gasteiger partial charge in [0.05, 0.1) is 5.69 Å². The normalized spacial score (nSPS) is 23.1. The van der Waals surface area contributed by atoms with Crippen LogP contribution in [0.25, 0.3) is 0 Å². The summed E-state index contributed by atoms with van der Waals surface area (Å²) < 4.78 is 41.1. The van der Waals surface area contributed by atoms with Crippen LogP contribution in [0.1, 0.15) is 19.3 Å². The minimum absolute atomic E-state index is 0.0369. The summed E-state index contributed by atoms with van der Waals surface area (Å²) in [5.41, 5.74) is 0.0932. The van der Waals surface area contributed by atoms with Gasteiger partial charge in [-0.2, -0.15) is 0 Å². The Balaban J connectivity index is 1.67. The lowest BCUT2D eigenvalue weighted by atomic mass is 9.92. The van der Waals surface area contributed by atoms with Gasteiger partial charge in [0, 0.05) is 5.92 Å². The lowest BCUT2D eigenvalue weighted by molar-refractivity contribution is -0.274. The number of ether oxygens (including phenoxy) is 1. The molecule has 1 saturated heterocycles. The van der Waals surface area contributed by atoms with E-state index >= 15 is 0 Å². The molecule has 1 spiro atoms. The zero-order valence-corrected chi connectivity index (χ0v) is 11.9. The molecule has 2 N–H and O–H groups in total. The zero-order valence-electron chi connectivity index (χ0n) is 11.9. The highest BCUT2D eigenvalue weighted by Gasteiger charge is 2.57. The third-order valence-corrected chi connectivity index (χ3v) is 4.48. The monoisotopic (exact) mass is 314 g/mol. The maximum Gasteiger partial charge on any atom is 0.573 e. The van der Waals surface area contributed by atoms with Crippen LogP contribution >= 0.6 is 0 Å². The van der Waals surface area contributed by atoms with Crippen LogP contribution in [0.15, 0.2) is 24.3 Å². The van der Waals surface area contributed by atoms with Gasteiger partial charge in [0.2, 0.25) is 5.91 Å². The van der Waals surface area contributed by atoms with E-state index in [-0.39, 0.29) is 28.7 Å². The van der Waals surface area contributed by atoms with Crippen LogP contribution in [0.5, 0.6) is 5.75 Å². The van der Waals surface area contributed by atoms with Crippen LogP contribution in [0.3, 0.4) is 0 Å². The van der Waals surface area contributed by atoms with Crippen LogP contribution in [0.2, 0.25) is 0 Å². The summed E-state index contributed by atoms with van der Waals surface area (Å²) >= 11 is 0. The number of alkyl halides is 3. The topological polar surface area (TPSA) is 50.4 Å². The second-order valence-electron chi connectivity index (χ2n) is 5.90. The van der Waals surface area contributed by atoms with Crippen LogP contribution in [-0.2, 0) is 4.79 Å². The van der Waals surface area contributed by atoms with Crippen molar-refractivity contribution in [3.05, 3.63) is 24.3 Å². The first-order chi connectivity index (χ1) is 10.4. The summed E-state index contributed by atoms with van der Waals surface area (Å²) in [5.74, 6) is -0.725. The number of carbonyl (C=O) groups is 1. The molecule has 1 amide bonds. The van der Waals surface area contributed by atoms with Gasteiger partial charge in [-0.15, -0.1) is 13.2 Å². The molecule has 22 heavy (non-hydrogen) atoms. The fourth-order valence-corrected chi connectivity index (χ4v) is 3.20. The number of hydrogen-bond acceptors (Lipinski definition) is 3. The Morgan fingerprint density at radius 3 is 2.64 bits per heavy atom. The zero-order chi connectivity index (χ0) is 15.8. The summed E-state index contributed by atoms with van der Waals surface area (Å²) in [6, 6.07) is 5.60. The van der Waals surface area contributed by atoms with E-state index in [0.29, 0.717) is 0 Å². The standard InChI is InChI=1S/C15H17F3N2O2/c16-15(17,18)22-12-4-2-1-3-11(12)20-13(21)10-9-14(10)5-7-19-8-6-14/h1-4,10,19H,5-9H2,(H,20,21). The van der Waals surface area contributed by atoms with Crippen LogP contribution in [0.4, 0.5) is 18.9 Å². The van der Waals surface area contributed by atoms with Crippen LogP contribution in [0, 0.1) is 11.3 Å². The Labute approximate surface area is 126 Å². The van der Waals surface area contributed by atoms with Gasteiger partial charge in [0.15, 0.2) is 5.75 Å². The second kappa shape index (κ2) is 5.46. The van der Waals surface area contributed by atoms with E-state index in [9.17, 15) is 18.0 Å². The summed E-state index contributed by atoms with van der Waals surface area (Å²) in [6.45, 7) is 1.77. The van der Waals surface area contributed by atoms with Crippen molar-refractivity contribution in [1.29, 1.82) is 0 Å². The number of benzene rings is 1. The van der Waals surface area contributed by atoms with Crippen molar-refractivity contribution < 1.29 is 22.7 Å². The lowest BCUT2D eigenvalue weighted by Gasteiger charge is -2.23. The van der Waals surface area contributed by atoms with E-state index in [0.717, 1.165) is 32.4 Å². The van der Waals surface area contributed by atoms with Crippen molar-refractivity contribution in [3.8, 4) is 5.75 Å². The van der Waals surface area contributed by atoms with Crippen molar-refractivity contribution >= 4 is 11.6 Å². The van der Waals surface area contributed by atoms with Crippen molar-refractivity contribution in [2.24, 2.45) is 11.3 Å². The molecule has 1 aromatic carbocycles. The molecular weight excluding hydrogens is 297 g/mol. The van der Waals surface area contributed by atoms with Crippen molar-refractivity contribution in [3.63, 3.8) is 0 Å². The largest absolute Gasteiger partial charge is 0.573 e. The molecule has 1 saturated carbocycles. The summed E-state index contributed by atoms with van der Waals surface area (Å²) in [4.78, 5) is 12.3. The Morgan fingerprint density at radius 1 is 1.27 bits per heavy atom. The third-order valence-electron chi connectivity index (χ3n) is 4.48. The van der Waals surface area contributed by atoms with E-state index in [4.69, 9.17) is 0 Å². The highest BCUT2D eigenvalue weighted by Crippen LogP contribution is 2.58. The molecule has 1 heterocycles. The molecule has 7 heteroatoms. The number of anilines is 1. The van der Waals surface area contributed by atoms with Crippen LogP contribution < -0.4 is 15.4 Å². The molecule has 4 nitrogen and oxygen atoms in total. The Hall–Kier alpha value is -1.76. The number of piperidine rings is 1. The number of hydrogen-bond donors (Lipinski definition) is 2. The summed E-state index contributed by atoms with van der Waals surface area (Å²) in [7, 11) is 0. The third kappa shape index (κ3) is 3.19. The Morgan fingerprint density at radius 2 is 1.95 bits per heavy atom. The first kappa shape index (κ1) is 15.1. The SMILES string of the molecule is O=C(Nc1ccccc1OC(F)(F)F)C1CC12CCNCC2. The number of para-hydroxylation sites is 2. The van der Waals surface area contributed by atoms with Gasteiger partial charge in [-0.3, -0.25) is 4.79 Å². The molecule has 0 aromatic heterocycles. The molecule has 2 fully saturated rings. The predicted molar refractivity (Wildman–Crippen MR) is 74.4 cm³/mol. The number of carbonyl (C=O) groups excluding carboxylic acids is 1. The number of halogens is 3. The molecule has 1 unspecified atom stereocenters. The minimum atomic E-state index is -4.78. The maximum absolute atomic E-state index is 12.4. The first-order valence-electron chi connectivity index (χ1n) is 7.26. The quantitative estimate of drug-likeness (QED) is 0.902. The fraction of sp³-hybridized carbons (Fsp3) is 0.533. The molecule has 120 valence electrons. The van der Waals surface area contributed by atoms with Gasteiger partial charge >= 0.3 is 6.36 Å². The molecule has 2 aliphatic rings. The van der Waals surface area contributed by atoms with E-state index in [1.54, 1.807) is 6.07 Å². The average molecular weight is 314 g/mol. The number of amides is 1. The first-order valence-corrected chi connectivity index (χ1v) is 7.26. The van der Waals surface area contributed by atoms with E-state index in [1.807, 2.05) is 0 Å². The van der Waals surface area contributed by atoms with E-state index in [1.165, 1.54) is 18.2 Å². The minimum Gasteiger partial charge on any atom is -0.404 e. The molecule has 1 aliphatic carbocycles. The molecule has 1 atom stereocenters. The van der Waals surface area contributed by atoms with Gasteiger partial charge in [-0.1, -0.05) is 12.1 Å². The van der Waals surface area contributed by atoms with Gasteiger partial charge in [-0.05, 0) is 49.9 Å². The molecule has 3 rings (SSSR count). The van der Waals surface area contributed by atoms with Gasteiger partial charge < -0.3 is 15.4 Å².